The molecule has 5 N–H and O–H groups in total. The predicted octanol–water partition coefficient (Wildman–Crippen LogP) is -2.49. The average molecular weight is 244 g/mol. The maximum absolute atomic E-state index is 12.9. The molecule has 0 aliphatic carbocycles. The first-order valence-electron chi connectivity index (χ1n) is 4.15. The molecule has 0 aromatic rings. The third kappa shape index (κ3) is 1.76. The van der Waals surface area contributed by atoms with Gasteiger partial charge in [-0.2, -0.15) is 8.78 Å². The first-order valence-corrected chi connectivity index (χ1v) is 4.15. The number of hydrogen-bond acceptors (Lipinski definition) is 6. The maximum Gasteiger partial charge on any atom is 0.377 e. The van der Waals surface area contributed by atoms with Crippen molar-refractivity contribution in [3.63, 3.8) is 0 Å². The quantitative estimate of drug-likeness (QED) is 0.371. The van der Waals surface area contributed by atoms with Crippen molar-refractivity contribution in [3.8, 4) is 0 Å². The Morgan fingerprint density at radius 1 is 1.50 bits per heavy atom. The van der Waals surface area contributed by atoms with Crippen molar-refractivity contribution >= 4 is 5.97 Å². The molecular formula is C7H10F2O7. The third-order valence-corrected chi connectivity index (χ3v) is 2.29. The average Bonchev–Trinajstić information content (AvgIpc) is 2.46. The van der Waals surface area contributed by atoms with Crippen LogP contribution < -0.4 is 0 Å². The summed E-state index contributed by atoms with van der Waals surface area (Å²) in [6.45, 7) is -0.704. The standard InChI is InChI=1S/C7H10F2O7/c8-6(9,5(13)14)4(12)7(15)3(11)2(10)1-16-7/h2-4,10-12,15H,1H2,(H,13,14)/t2-,3-,4-,7?/m1/s1. The highest BCUT2D eigenvalue weighted by atomic mass is 19.3. The zero-order valence-electron chi connectivity index (χ0n) is 7.75. The van der Waals surface area contributed by atoms with Crippen molar-refractivity contribution < 1.29 is 43.8 Å². The highest BCUT2D eigenvalue weighted by Crippen LogP contribution is 2.35. The lowest BCUT2D eigenvalue weighted by atomic mass is 9.97. The Hall–Kier alpha value is -0.870. The van der Waals surface area contributed by atoms with Gasteiger partial charge in [0.25, 0.3) is 0 Å². The lowest BCUT2D eigenvalue weighted by Gasteiger charge is -2.33. The van der Waals surface area contributed by atoms with E-state index in [1.165, 1.54) is 0 Å². The number of carboxylic acids is 1. The lowest BCUT2D eigenvalue weighted by molar-refractivity contribution is -0.306. The molecule has 1 rings (SSSR count). The number of halogens is 2. The topological polar surface area (TPSA) is 127 Å². The summed E-state index contributed by atoms with van der Waals surface area (Å²) in [7, 11) is 0. The molecule has 0 aromatic heterocycles. The van der Waals surface area contributed by atoms with Crippen LogP contribution in [0.1, 0.15) is 0 Å². The van der Waals surface area contributed by atoms with Crippen LogP contribution in [0.4, 0.5) is 8.78 Å². The Morgan fingerprint density at radius 2 is 2.00 bits per heavy atom. The molecule has 4 atom stereocenters. The zero-order chi connectivity index (χ0) is 12.7. The molecule has 1 unspecified atom stereocenters. The van der Waals surface area contributed by atoms with Crippen molar-refractivity contribution in [1.29, 1.82) is 0 Å². The van der Waals surface area contributed by atoms with Gasteiger partial charge >= 0.3 is 11.9 Å². The number of aliphatic hydroxyl groups excluding tert-OH is 3. The molecule has 1 aliphatic heterocycles. The number of carbonyl (C=O) groups is 1. The molecule has 0 amide bonds. The van der Waals surface area contributed by atoms with Gasteiger partial charge in [0, 0.05) is 0 Å². The zero-order valence-corrected chi connectivity index (χ0v) is 7.75. The van der Waals surface area contributed by atoms with Crippen LogP contribution in [0.25, 0.3) is 0 Å². The third-order valence-electron chi connectivity index (χ3n) is 2.29. The molecule has 1 aliphatic rings. The van der Waals surface area contributed by atoms with E-state index < -0.39 is 42.6 Å². The van der Waals surface area contributed by atoms with Gasteiger partial charge in [-0.3, -0.25) is 0 Å². The minimum atomic E-state index is -4.72. The van der Waals surface area contributed by atoms with Crippen LogP contribution >= 0.6 is 0 Å². The number of aliphatic hydroxyl groups is 4. The van der Waals surface area contributed by atoms with E-state index in [9.17, 15) is 18.7 Å². The second-order valence-electron chi connectivity index (χ2n) is 3.41. The fourth-order valence-electron chi connectivity index (χ4n) is 1.29. The van der Waals surface area contributed by atoms with Crippen LogP contribution in [0.5, 0.6) is 0 Å². The molecule has 7 nitrogen and oxygen atoms in total. The van der Waals surface area contributed by atoms with Crippen LogP contribution in [-0.4, -0.2) is 68.1 Å². The summed E-state index contributed by atoms with van der Waals surface area (Å²) in [5, 5.41) is 44.6. The van der Waals surface area contributed by atoms with Crippen molar-refractivity contribution in [2.45, 2.75) is 30.0 Å². The van der Waals surface area contributed by atoms with Crippen LogP contribution in [0.15, 0.2) is 0 Å². The number of aliphatic carboxylic acids is 1. The molecule has 0 bridgehead atoms. The van der Waals surface area contributed by atoms with Gasteiger partial charge in [-0.25, -0.2) is 4.79 Å². The fraction of sp³-hybridized carbons (Fsp3) is 0.857. The number of rotatable bonds is 3. The Bertz CT molecular complexity index is 296. The van der Waals surface area contributed by atoms with Crippen LogP contribution in [0.3, 0.4) is 0 Å². The lowest BCUT2D eigenvalue weighted by Crippen LogP contribution is -2.61. The Labute approximate surface area is 87.5 Å². The van der Waals surface area contributed by atoms with Crippen molar-refractivity contribution in [3.05, 3.63) is 0 Å². The van der Waals surface area contributed by atoms with E-state index >= 15 is 0 Å². The number of ether oxygens (including phenoxy) is 1. The monoisotopic (exact) mass is 244 g/mol. The van der Waals surface area contributed by atoms with Gasteiger partial charge in [0.05, 0.1) is 6.61 Å². The van der Waals surface area contributed by atoms with Crippen molar-refractivity contribution in [2.75, 3.05) is 6.61 Å². The largest absolute Gasteiger partial charge is 0.477 e. The second-order valence-corrected chi connectivity index (χ2v) is 3.41. The summed E-state index contributed by atoms with van der Waals surface area (Å²) in [4.78, 5) is 10.1. The smallest absolute Gasteiger partial charge is 0.377 e. The van der Waals surface area contributed by atoms with Gasteiger partial charge in [-0.05, 0) is 0 Å². The maximum atomic E-state index is 12.9. The number of alkyl halides is 2. The van der Waals surface area contributed by atoms with E-state index in [0.717, 1.165) is 0 Å². The molecule has 1 saturated heterocycles. The minimum Gasteiger partial charge on any atom is -0.477 e. The molecule has 1 heterocycles. The fourth-order valence-corrected chi connectivity index (χ4v) is 1.29. The van der Waals surface area contributed by atoms with Crippen LogP contribution in [0.2, 0.25) is 0 Å². The Balaban J connectivity index is 2.97. The molecule has 16 heavy (non-hydrogen) atoms. The van der Waals surface area contributed by atoms with Gasteiger partial charge in [-0.15, -0.1) is 0 Å². The normalized spacial score (nSPS) is 37.4. The summed E-state index contributed by atoms with van der Waals surface area (Å²) < 4.78 is 29.9. The summed E-state index contributed by atoms with van der Waals surface area (Å²) >= 11 is 0. The van der Waals surface area contributed by atoms with Crippen molar-refractivity contribution in [1.82, 2.24) is 0 Å². The van der Waals surface area contributed by atoms with Crippen LogP contribution in [0, 0.1) is 0 Å². The van der Waals surface area contributed by atoms with E-state index in [4.69, 9.17) is 20.4 Å². The molecule has 0 spiro atoms. The summed E-state index contributed by atoms with van der Waals surface area (Å²) in [6.07, 6.45) is -7.12. The Morgan fingerprint density at radius 3 is 2.31 bits per heavy atom. The van der Waals surface area contributed by atoms with E-state index in [1.54, 1.807) is 0 Å². The number of hydrogen-bond donors (Lipinski definition) is 5. The van der Waals surface area contributed by atoms with Gasteiger partial charge in [0.1, 0.15) is 12.2 Å². The predicted molar refractivity (Wildman–Crippen MR) is 41.5 cm³/mol. The first kappa shape index (κ1) is 13.2. The van der Waals surface area contributed by atoms with Gasteiger partial charge in [-0.1, -0.05) is 0 Å². The first-order chi connectivity index (χ1) is 7.14. The summed E-state index contributed by atoms with van der Waals surface area (Å²) in [6, 6.07) is 0. The minimum absolute atomic E-state index is 0.704. The number of carboxylic acid groups (broad SMARTS) is 1. The highest BCUT2D eigenvalue weighted by Gasteiger charge is 2.64. The highest BCUT2D eigenvalue weighted by molar-refractivity contribution is 5.76. The van der Waals surface area contributed by atoms with Crippen LogP contribution in [-0.2, 0) is 9.53 Å². The SMILES string of the molecule is O=C(O)C(F)(F)[C@@H](O)C1(O)OC[C@@H](O)[C@H]1O. The Kier molecular flexibility index (Phi) is 3.18. The van der Waals surface area contributed by atoms with Gasteiger partial charge in [0.15, 0.2) is 6.10 Å². The summed E-state index contributed by atoms with van der Waals surface area (Å²) in [5.41, 5.74) is 0. The summed E-state index contributed by atoms with van der Waals surface area (Å²) in [5.74, 6) is -10.6. The molecule has 0 radical (unpaired) electrons. The second kappa shape index (κ2) is 3.86. The molecule has 0 aromatic carbocycles. The molecule has 9 heteroatoms. The van der Waals surface area contributed by atoms with Gasteiger partial charge in [0.2, 0.25) is 5.79 Å². The van der Waals surface area contributed by atoms with Crippen molar-refractivity contribution in [2.24, 2.45) is 0 Å². The van der Waals surface area contributed by atoms with E-state index in [1.807, 2.05) is 0 Å². The molecule has 0 saturated carbocycles. The molecule has 94 valence electrons. The molecule has 1 fully saturated rings. The van der Waals surface area contributed by atoms with Gasteiger partial charge < -0.3 is 30.3 Å². The van der Waals surface area contributed by atoms with E-state index in [-0.39, 0.29) is 0 Å². The molecular weight excluding hydrogens is 234 g/mol. The van der Waals surface area contributed by atoms with E-state index in [0.29, 0.717) is 0 Å². The van der Waals surface area contributed by atoms with E-state index in [2.05, 4.69) is 4.74 Å².